The van der Waals surface area contributed by atoms with Crippen LogP contribution in [0.3, 0.4) is 0 Å². The summed E-state index contributed by atoms with van der Waals surface area (Å²) < 4.78 is 0. The largest absolute Gasteiger partial charge is 0.366 e. The van der Waals surface area contributed by atoms with Gasteiger partial charge in [-0.15, -0.1) is 0 Å². The van der Waals surface area contributed by atoms with Crippen molar-refractivity contribution in [1.82, 2.24) is 15.0 Å². The number of anilines is 2. The van der Waals surface area contributed by atoms with E-state index in [1.807, 2.05) is 42.5 Å². The summed E-state index contributed by atoms with van der Waals surface area (Å²) in [4.78, 5) is 12.7. The molecule has 2 aromatic heterocycles. The Morgan fingerprint density at radius 3 is 2.52 bits per heavy atom. The molecule has 3 aromatic rings. The smallest absolute Gasteiger partial charge is 0.224 e. The molecular weight excluding hydrogens is 310 g/mol. The highest BCUT2D eigenvalue weighted by Gasteiger charge is 2.02. The molecule has 0 unspecified atom stereocenters. The number of pyridine rings is 1. The highest BCUT2D eigenvalue weighted by atomic mass is 35.5. The number of hydrogen-bond donors (Lipinski definition) is 2. The summed E-state index contributed by atoms with van der Waals surface area (Å²) in [7, 11) is 0. The van der Waals surface area contributed by atoms with Gasteiger partial charge < -0.3 is 10.6 Å². The second-order valence-electron chi connectivity index (χ2n) is 4.92. The average molecular weight is 326 g/mol. The molecule has 3 rings (SSSR count). The van der Waals surface area contributed by atoms with Crippen LogP contribution in [0.1, 0.15) is 11.1 Å². The summed E-state index contributed by atoms with van der Waals surface area (Å²) in [6.07, 6.45) is 5.26. The second-order valence-corrected chi connectivity index (χ2v) is 5.33. The molecule has 0 aliphatic heterocycles. The van der Waals surface area contributed by atoms with E-state index in [1.54, 1.807) is 18.6 Å². The van der Waals surface area contributed by atoms with Gasteiger partial charge >= 0.3 is 0 Å². The lowest BCUT2D eigenvalue weighted by Crippen LogP contribution is -2.07. The van der Waals surface area contributed by atoms with Gasteiger partial charge in [-0.05, 0) is 35.4 Å². The third kappa shape index (κ3) is 4.40. The van der Waals surface area contributed by atoms with Crippen LogP contribution in [0, 0.1) is 0 Å². The molecule has 1 aromatic carbocycles. The van der Waals surface area contributed by atoms with Crippen molar-refractivity contribution in [3.8, 4) is 0 Å². The van der Waals surface area contributed by atoms with Gasteiger partial charge in [-0.2, -0.15) is 4.98 Å². The lowest BCUT2D eigenvalue weighted by Gasteiger charge is -2.09. The van der Waals surface area contributed by atoms with Gasteiger partial charge in [-0.25, -0.2) is 4.98 Å². The molecule has 0 bridgehead atoms. The number of nitrogens with zero attached hydrogens (tertiary/aromatic N) is 3. The van der Waals surface area contributed by atoms with Gasteiger partial charge in [0.1, 0.15) is 5.82 Å². The van der Waals surface area contributed by atoms with Crippen molar-refractivity contribution in [2.45, 2.75) is 13.1 Å². The third-order valence-electron chi connectivity index (χ3n) is 3.27. The number of aromatic nitrogens is 3. The van der Waals surface area contributed by atoms with Gasteiger partial charge in [0.05, 0.1) is 0 Å². The van der Waals surface area contributed by atoms with Gasteiger partial charge in [0.25, 0.3) is 0 Å². The lowest BCUT2D eigenvalue weighted by molar-refractivity contribution is 1.03. The molecule has 0 saturated heterocycles. The highest BCUT2D eigenvalue weighted by molar-refractivity contribution is 6.31. The molecule has 0 aliphatic carbocycles. The van der Waals surface area contributed by atoms with Crippen molar-refractivity contribution in [3.05, 3.63) is 77.2 Å². The van der Waals surface area contributed by atoms with E-state index < -0.39 is 0 Å². The van der Waals surface area contributed by atoms with Crippen LogP contribution >= 0.6 is 11.6 Å². The molecule has 5 nitrogen and oxygen atoms in total. The first-order valence-corrected chi connectivity index (χ1v) is 7.62. The van der Waals surface area contributed by atoms with Crippen LogP contribution in [0.4, 0.5) is 11.8 Å². The Kier molecular flexibility index (Phi) is 5.01. The summed E-state index contributed by atoms with van der Waals surface area (Å²) in [6.45, 7) is 1.26. The fourth-order valence-electron chi connectivity index (χ4n) is 2.05. The zero-order valence-electron chi connectivity index (χ0n) is 12.4. The fourth-order valence-corrected chi connectivity index (χ4v) is 2.25. The molecule has 0 spiro atoms. The Labute approximate surface area is 139 Å². The molecule has 6 heteroatoms. The van der Waals surface area contributed by atoms with E-state index in [2.05, 4.69) is 25.6 Å². The monoisotopic (exact) mass is 325 g/mol. The second kappa shape index (κ2) is 7.56. The number of rotatable bonds is 6. The molecule has 0 amide bonds. The quantitative estimate of drug-likeness (QED) is 0.722. The molecule has 2 N–H and O–H groups in total. The van der Waals surface area contributed by atoms with E-state index in [0.717, 1.165) is 22.0 Å². The van der Waals surface area contributed by atoms with Crippen molar-refractivity contribution < 1.29 is 0 Å². The maximum absolute atomic E-state index is 6.14. The summed E-state index contributed by atoms with van der Waals surface area (Å²) >= 11 is 6.14. The first kappa shape index (κ1) is 15.2. The molecule has 0 fully saturated rings. The predicted molar refractivity (Wildman–Crippen MR) is 92.4 cm³/mol. The predicted octanol–water partition coefficient (Wildman–Crippen LogP) is 3.75. The van der Waals surface area contributed by atoms with E-state index in [4.69, 9.17) is 11.6 Å². The van der Waals surface area contributed by atoms with Crippen LogP contribution in [0.2, 0.25) is 5.02 Å². The molecule has 116 valence electrons. The van der Waals surface area contributed by atoms with Crippen molar-refractivity contribution in [1.29, 1.82) is 0 Å². The van der Waals surface area contributed by atoms with E-state index in [9.17, 15) is 0 Å². The maximum atomic E-state index is 6.14. The van der Waals surface area contributed by atoms with Crippen LogP contribution in [0.25, 0.3) is 0 Å². The van der Waals surface area contributed by atoms with Gasteiger partial charge in [0.15, 0.2) is 0 Å². The van der Waals surface area contributed by atoms with E-state index in [-0.39, 0.29) is 0 Å². The highest BCUT2D eigenvalue weighted by Crippen LogP contribution is 2.16. The van der Waals surface area contributed by atoms with Crippen molar-refractivity contribution >= 4 is 23.4 Å². The number of halogens is 1. The number of benzene rings is 1. The summed E-state index contributed by atoms with van der Waals surface area (Å²) in [5, 5.41) is 7.18. The van der Waals surface area contributed by atoms with Gasteiger partial charge in [0.2, 0.25) is 5.95 Å². The topological polar surface area (TPSA) is 62.7 Å². The Morgan fingerprint density at radius 1 is 0.870 bits per heavy atom. The zero-order chi connectivity index (χ0) is 15.9. The molecule has 0 aliphatic rings. The first-order chi connectivity index (χ1) is 11.3. The van der Waals surface area contributed by atoms with Crippen LogP contribution < -0.4 is 10.6 Å². The summed E-state index contributed by atoms with van der Waals surface area (Å²) in [5.74, 6) is 1.32. The normalized spacial score (nSPS) is 10.3. The van der Waals surface area contributed by atoms with Crippen molar-refractivity contribution in [3.63, 3.8) is 0 Å². The number of hydrogen-bond acceptors (Lipinski definition) is 5. The van der Waals surface area contributed by atoms with Crippen LogP contribution in [-0.2, 0) is 13.1 Å². The van der Waals surface area contributed by atoms with E-state index in [0.29, 0.717) is 19.0 Å². The number of nitrogens with one attached hydrogen (secondary N) is 2. The summed E-state index contributed by atoms with van der Waals surface area (Å²) in [5.41, 5.74) is 2.15. The molecule has 2 heterocycles. The zero-order valence-corrected chi connectivity index (χ0v) is 13.2. The Hall–Kier alpha value is -2.66. The molecule has 0 saturated carbocycles. The molecule has 23 heavy (non-hydrogen) atoms. The minimum Gasteiger partial charge on any atom is -0.366 e. The third-order valence-corrected chi connectivity index (χ3v) is 3.64. The standard InChI is InChI=1S/C17H16ClN5/c18-15-4-2-1-3-14(15)12-22-17-20-10-7-16(23-17)21-11-13-5-8-19-9-6-13/h1-10H,11-12H2,(H2,20,21,22,23). The maximum Gasteiger partial charge on any atom is 0.224 e. The minimum absolute atomic E-state index is 0.560. The fraction of sp³-hybridized carbons (Fsp3) is 0.118. The van der Waals surface area contributed by atoms with Crippen LogP contribution in [0.15, 0.2) is 61.1 Å². The SMILES string of the molecule is Clc1ccccc1CNc1nccc(NCc2ccncc2)n1. The Balaban J connectivity index is 1.60. The lowest BCUT2D eigenvalue weighted by atomic mass is 10.2. The van der Waals surface area contributed by atoms with Crippen molar-refractivity contribution in [2.24, 2.45) is 0 Å². The van der Waals surface area contributed by atoms with Gasteiger partial charge in [-0.3, -0.25) is 4.98 Å². The summed E-state index contributed by atoms with van der Waals surface area (Å²) in [6, 6.07) is 13.5. The Bertz CT molecular complexity index is 764. The van der Waals surface area contributed by atoms with Crippen LogP contribution in [0.5, 0.6) is 0 Å². The van der Waals surface area contributed by atoms with Crippen LogP contribution in [-0.4, -0.2) is 15.0 Å². The molecule has 0 radical (unpaired) electrons. The van der Waals surface area contributed by atoms with Gasteiger partial charge in [-0.1, -0.05) is 29.8 Å². The van der Waals surface area contributed by atoms with Crippen molar-refractivity contribution in [2.75, 3.05) is 10.6 Å². The Morgan fingerprint density at radius 2 is 1.70 bits per heavy atom. The first-order valence-electron chi connectivity index (χ1n) is 7.24. The molecule has 0 atom stereocenters. The van der Waals surface area contributed by atoms with E-state index >= 15 is 0 Å². The minimum atomic E-state index is 0.560. The van der Waals surface area contributed by atoms with E-state index in [1.165, 1.54) is 0 Å². The van der Waals surface area contributed by atoms with Gasteiger partial charge in [0, 0.05) is 36.7 Å². The molecular formula is C17H16ClN5. The average Bonchev–Trinajstić information content (AvgIpc) is 2.61.